The van der Waals surface area contributed by atoms with Crippen molar-refractivity contribution >= 4 is 50.5 Å². The lowest BCUT2D eigenvalue weighted by molar-refractivity contribution is -0.146. The van der Waals surface area contributed by atoms with Crippen LogP contribution in [0.15, 0.2) is 60.7 Å². The third kappa shape index (κ3) is 8.30. The smallest absolute Gasteiger partial charge is 0.410 e. The topological polar surface area (TPSA) is 189 Å². The fourth-order valence-corrected chi connectivity index (χ4v) is 9.12. The highest BCUT2D eigenvalue weighted by Gasteiger charge is 2.62. The molecule has 298 valence electrons. The second-order valence-electron chi connectivity index (χ2n) is 15.2. The zero-order valence-electron chi connectivity index (χ0n) is 31.7. The summed E-state index contributed by atoms with van der Waals surface area (Å²) >= 11 is 0. The lowest BCUT2D eigenvalue weighted by atomic mass is 10.0. The number of hydrogen-bond acceptors (Lipinski definition) is 9. The number of hydrogen-bond donors (Lipinski definition) is 3. The summed E-state index contributed by atoms with van der Waals surface area (Å²) in [5.41, 5.74) is 0.198. The van der Waals surface area contributed by atoms with E-state index in [2.05, 4.69) is 20.5 Å². The molecule has 2 aliphatic heterocycles. The molecule has 2 aliphatic carbocycles. The van der Waals surface area contributed by atoms with Crippen molar-refractivity contribution in [3.8, 4) is 0 Å². The van der Waals surface area contributed by atoms with Crippen LogP contribution in [0.25, 0.3) is 10.8 Å². The monoisotopic (exact) mass is 787 g/mol. The van der Waals surface area contributed by atoms with Gasteiger partial charge >= 0.3 is 6.09 Å². The standard InChI is InChI=1S/C40H49N7O8S/c1-3-47-33(22-26(2)43-47)35(48)41-32-17-8-6-4-5-7-15-29-23-40(29,38(51)44-56(53,54)30-18-19-30)42-36(49)34-24-45(20-21-46(34)37(32)50)39(52)55-25-28-14-11-13-27-12-9-10-16-31(27)28/h7,9-16,22,29-30,32,34H,3-6,8,17-21,23-25H2,1-2H3,(H,41,48)(H,42,49)(H,44,51)/b15-7+/t29?,32-,34-,40-/m0/s1. The average molecular weight is 788 g/mol. The van der Waals surface area contributed by atoms with Gasteiger partial charge in [0.15, 0.2) is 0 Å². The van der Waals surface area contributed by atoms with Crippen molar-refractivity contribution in [3.63, 3.8) is 0 Å². The summed E-state index contributed by atoms with van der Waals surface area (Å²) < 4.78 is 35.3. The molecule has 3 aromatic rings. The van der Waals surface area contributed by atoms with E-state index >= 15 is 0 Å². The normalized spacial score (nSPS) is 25.1. The highest BCUT2D eigenvalue weighted by Crippen LogP contribution is 2.46. The molecule has 5 amide bonds. The minimum atomic E-state index is -3.93. The predicted molar refractivity (Wildman–Crippen MR) is 206 cm³/mol. The number of carbonyl (C=O) groups excluding carboxylic acids is 5. The van der Waals surface area contributed by atoms with E-state index in [0.29, 0.717) is 50.0 Å². The van der Waals surface area contributed by atoms with Gasteiger partial charge in [-0.2, -0.15) is 5.10 Å². The Morgan fingerprint density at radius 1 is 1.02 bits per heavy atom. The Morgan fingerprint density at radius 2 is 1.80 bits per heavy atom. The van der Waals surface area contributed by atoms with Gasteiger partial charge in [0.05, 0.1) is 17.5 Å². The summed E-state index contributed by atoms with van der Waals surface area (Å²) in [7, 11) is -3.93. The molecular formula is C40H49N7O8S. The Morgan fingerprint density at radius 3 is 2.59 bits per heavy atom. The molecule has 56 heavy (non-hydrogen) atoms. The average Bonchev–Trinajstić information content (AvgIpc) is 4.12. The maximum atomic E-state index is 14.6. The van der Waals surface area contributed by atoms with Gasteiger partial charge in [0.2, 0.25) is 21.8 Å². The fourth-order valence-electron chi connectivity index (χ4n) is 7.76. The second-order valence-corrected chi connectivity index (χ2v) is 17.2. The fraction of sp³-hybridized carbons (Fsp3) is 0.500. The minimum Gasteiger partial charge on any atom is -0.445 e. The number of benzene rings is 2. The van der Waals surface area contributed by atoms with Crippen LogP contribution in [0.4, 0.5) is 4.79 Å². The predicted octanol–water partition coefficient (Wildman–Crippen LogP) is 3.32. The van der Waals surface area contributed by atoms with Crippen molar-refractivity contribution in [1.82, 2.24) is 34.9 Å². The van der Waals surface area contributed by atoms with Gasteiger partial charge in [0.25, 0.3) is 11.8 Å². The molecule has 0 bridgehead atoms. The molecule has 2 aromatic carbocycles. The van der Waals surface area contributed by atoms with Crippen molar-refractivity contribution in [1.29, 1.82) is 0 Å². The van der Waals surface area contributed by atoms with Crippen molar-refractivity contribution in [2.24, 2.45) is 5.92 Å². The number of fused-ring (bicyclic) bond motifs is 3. The van der Waals surface area contributed by atoms with E-state index in [1.165, 1.54) is 9.80 Å². The first-order chi connectivity index (χ1) is 26.9. The van der Waals surface area contributed by atoms with E-state index < -0.39 is 68.5 Å². The first-order valence-corrected chi connectivity index (χ1v) is 21.0. The Bertz CT molecular complexity index is 2160. The molecule has 1 unspecified atom stereocenters. The van der Waals surface area contributed by atoms with Crippen molar-refractivity contribution in [3.05, 3.63) is 77.6 Å². The largest absolute Gasteiger partial charge is 0.445 e. The van der Waals surface area contributed by atoms with Gasteiger partial charge in [-0.15, -0.1) is 0 Å². The van der Waals surface area contributed by atoms with E-state index in [9.17, 15) is 32.4 Å². The Balaban J connectivity index is 1.16. The van der Waals surface area contributed by atoms with Crippen LogP contribution in [0.2, 0.25) is 0 Å². The van der Waals surface area contributed by atoms with Gasteiger partial charge in [0.1, 0.15) is 29.9 Å². The van der Waals surface area contributed by atoms with Crippen LogP contribution >= 0.6 is 0 Å². The summed E-state index contributed by atoms with van der Waals surface area (Å²) in [6.45, 7) is 3.79. The number of nitrogens with zero attached hydrogens (tertiary/aromatic N) is 4. The summed E-state index contributed by atoms with van der Waals surface area (Å²) in [5, 5.41) is 11.4. The third-order valence-electron chi connectivity index (χ3n) is 11.2. The highest BCUT2D eigenvalue weighted by atomic mass is 32.2. The SMILES string of the molecule is CCn1nc(C)cc1C(=O)N[C@H]1CCCCC/C=C/C2C[C@]2(C(=O)NS(=O)(=O)C2CC2)NC(=O)[C@@H]2CN(C(=O)OCc3cccc4ccccc34)CCN2C1=O. The molecule has 7 rings (SSSR count). The number of carbonyl (C=O) groups is 5. The first-order valence-electron chi connectivity index (χ1n) is 19.5. The number of nitrogens with one attached hydrogen (secondary N) is 3. The van der Waals surface area contributed by atoms with Crippen LogP contribution in [-0.2, 0) is 42.3 Å². The maximum Gasteiger partial charge on any atom is 0.410 e. The molecule has 0 spiro atoms. The van der Waals surface area contributed by atoms with Crippen LogP contribution < -0.4 is 15.4 Å². The molecule has 15 nitrogen and oxygen atoms in total. The quantitative estimate of drug-likeness (QED) is 0.288. The lowest BCUT2D eigenvalue weighted by Crippen LogP contribution is -2.66. The van der Waals surface area contributed by atoms with E-state index in [1.54, 1.807) is 17.7 Å². The summed E-state index contributed by atoms with van der Waals surface area (Å²) in [6, 6.07) is 12.8. The Hall–Kier alpha value is -5.25. The molecule has 4 aliphatic rings. The van der Waals surface area contributed by atoms with Gasteiger partial charge in [0, 0.05) is 25.6 Å². The number of aryl methyl sites for hydroxylation is 2. The minimum absolute atomic E-state index is 0.0229. The number of sulfonamides is 1. The molecule has 0 radical (unpaired) electrons. The summed E-state index contributed by atoms with van der Waals surface area (Å²) in [4.78, 5) is 72.8. The number of rotatable bonds is 8. The van der Waals surface area contributed by atoms with Crippen LogP contribution in [0, 0.1) is 12.8 Å². The van der Waals surface area contributed by atoms with Crippen molar-refractivity contribution in [2.45, 2.75) is 101 Å². The van der Waals surface area contributed by atoms with Crippen LogP contribution in [0.1, 0.15) is 80.0 Å². The van der Waals surface area contributed by atoms with Gasteiger partial charge in [-0.05, 0) is 74.8 Å². The molecule has 1 saturated heterocycles. The number of allylic oxidation sites excluding steroid dienone is 1. The molecule has 3 fully saturated rings. The van der Waals surface area contributed by atoms with Gasteiger partial charge < -0.3 is 25.2 Å². The third-order valence-corrected chi connectivity index (χ3v) is 13.0. The second kappa shape index (κ2) is 16.1. The molecule has 1 aromatic heterocycles. The molecule has 2 saturated carbocycles. The first kappa shape index (κ1) is 39.0. The van der Waals surface area contributed by atoms with E-state index in [4.69, 9.17) is 4.74 Å². The van der Waals surface area contributed by atoms with Crippen LogP contribution in [0.5, 0.6) is 0 Å². The van der Waals surface area contributed by atoms with Gasteiger partial charge in [-0.25, -0.2) is 13.2 Å². The molecule has 16 heteroatoms. The number of aromatic nitrogens is 2. The maximum absolute atomic E-state index is 14.6. The van der Waals surface area contributed by atoms with Crippen molar-refractivity contribution in [2.75, 3.05) is 19.6 Å². The van der Waals surface area contributed by atoms with Gasteiger partial charge in [-0.1, -0.05) is 67.5 Å². The number of piperazine rings is 1. The zero-order chi connectivity index (χ0) is 39.6. The van der Waals surface area contributed by atoms with Crippen LogP contribution in [0.3, 0.4) is 0 Å². The Labute approximate surface area is 326 Å². The van der Waals surface area contributed by atoms with Crippen molar-refractivity contribution < 1.29 is 37.1 Å². The van der Waals surface area contributed by atoms with E-state index in [1.807, 2.05) is 61.5 Å². The Kier molecular flexibility index (Phi) is 11.2. The molecule has 4 atom stereocenters. The molecule has 3 N–H and O–H groups in total. The molecular weight excluding hydrogens is 739 g/mol. The summed E-state index contributed by atoms with van der Waals surface area (Å²) in [6.07, 6.45) is 7.29. The van der Waals surface area contributed by atoms with E-state index in [-0.39, 0.29) is 32.7 Å². The number of amides is 5. The van der Waals surface area contributed by atoms with Crippen LogP contribution in [-0.4, -0.2) is 100 Å². The van der Waals surface area contributed by atoms with Gasteiger partial charge in [-0.3, -0.25) is 28.6 Å². The highest BCUT2D eigenvalue weighted by molar-refractivity contribution is 7.91. The summed E-state index contributed by atoms with van der Waals surface area (Å²) in [5.74, 6) is -3.00. The zero-order valence-corrected chi connectivity index (χ0v) is 32.6. The lowest BCUT2D eigenvalue weighted by Gasteiger charge is -2.41. The number of ether oxygens (including phenoxy) is 1. The molecule has 3 heterocycles. The van der Waals surface area contributed by atoms with E-state index in [0.717, 1.165) is 29.2 Å².